The van der Waals surface area contributed by atoms with Crippen LogP contribution in [0.1, 0.15) is 0 Å². The van der Waals surface area contributed by atoms with Crippen molar-refractivity contribution in [2.24, 2.45) is 0 Å². The topological polar surface area (TPSA) is 54.9 Å². The first-order valence-corrected chi connectivity index (χ1v) is 6.84. The molecule has 0 aliphatic carbocycles. The molecule has 0 aliphatic rings. The molecule has 2 rings (SSSR count). The molecule has 0 unspecified atom stereocenters. The van der Waals surface area contributed by atoms with E-state index in [1.807, 2.05) is 0 Å². The van der Waals surface area contributed by atoms with E-state index < -0.39 is 5.69 Å². The van der Waals surface area contributed by atoms with Gasteiger partial charge in [-0.3, -0.25) is 9.36 Å². The summed E-state index contributed by atoms with van der Waals surface area (Å²) in [6.45, 7) is 0.190. The van der Waals surface area contributed by atoms with Crippen molar-refractivity contribution in [3.8, 4) is 0 Å². The summed E-state index contributed by atoms with van der Waals surface area (Å²) < 4.78 is 2.52. The zero-order chi connectivity index (χ0) is 12.6. The SMILES string of the molecule is O=c1[nH]c2c(Br)cc(Br)cc2c(=O)n1CCCl. The van der Waals surface area contributed by atoms with Gasteiger partial charge in [0.15, 0.2) is 0 Å². The molecule has 0 fully saturated rings. The Morgan fingerprint density at radius 2 is 2.00 bits per heavy atom. The maximum absolute atomic E-state index is 12.1. The number of fused-ring (bicyclic) bond motifs is 1. The predicted octanol–water partition coefficient (Wildman–Crippen LogP) is 2.45. The normalized spacial score (nSPS) is 11.0. The lowest BCUT2D eigenvalue weighted by atomic mass is 10.2. The largest absolute Gasteiger partial charge is 0.328 e. The van der Waals surface area contributed by atoms with E-state index in [0.717, 1.165) is 9.04 Å². The van der Waals surface area contributed by atoms with Crippen molar-refractivity contribution in [2.45, 2.75) is 6.54 Å². The van der Waals surface area contributed by atoms with E-state index in [1.54, 1.807) is 12.1 Å². The van der Waals surface area contributed by atoms with Crippen LogP contribution in [-0.2, 0) is 6.54 Å². The third kappa shape index (κ3) is 2.34. The lowest BCUT2D eigenvalue weighted by molar-refractivity contribution is 0.688. The summed E-state index contributed by atoms with van der Waals surface area (Å²) in [5.41, 5.74) is -0.299. The highest BCUT2D eigenvalue weighted by Crippen LogP contribution is 2.24. The summed E-state index contributed by atoms with van der Waals surface area (Å²) in [5, 5.41) is 0.441. The van der Waals surface area contributed by atoms with Crippen molar-refractivity contribution in [3.63, 3.8) is 0 Å². The number of hydrogen-bond donors (Lipinski definition) is 1. The number of halogens is 3. The van der Waals surface area contributed by atoms with E-state index in [0.29, 0.717) is 15.4 Å². The summed E-state index contributed by atoms with van der Waals surface area (Å²) in [6, 6.07) is 3.44. The van der Waals surface area contributed by atoms with Crippen molar-refractivity contribution in [3.05, 3.63) is 41.9 Å². The van der Waals surface area contributed by atoms with Gasteiger partial charge in [0.25, 0.3) is 5.56 Å². The molecular formula is C10H7Br2ClN2O2. The maximum Gasteiger partial charge on any atom is 0.328 e. The first kappa shape index (κ1) is 12.9. The maximum atomic E-state index is 12.1. The first-order chi connectivity index (χ1) is 8.04. The Morgan fingerprint density at radius 1 is 1.29 bits per heavy atom. The molecule has 2 aromatic rings. The number of benzene rings is 1. The molecule has 0 saturated carbocycles. The average Bonchev–Trinajstić information content (AvgIpc) is 2.26. The molecule has 0 amide bonds. The fourth-order valence-electron chi connectivity index (χ4n) is 1.57. The van der Waals surface area contributed by atoms with Gasteiger partial charge >= 0.3 is 5.69 Å². The zero-order valence-corrected chi connectivity index (χ0v) is 12.4. The van der Waals surface area contributed by atoms with Gasteiger partial charge < -0.3 is 4.98 Å². The van der Waals surface area contributed by atoms with Gasteiger partial charge in [0.05, 0.1) is 10.9 Å². The molecule has 1 N–H and O–H groups in total. The molecule has 7 heteroatoms. The Kier molecular flexibility index (Phi) is 3.75. The molecule has 0 bridgehead atoms. The van der Waals surface area contributed by atoms with Gasteiger partial charge in [-0.25, -0.2) is 4.79 Å². The van der Waals surface area contributed by atoms with Crippen LogP contribution in [0.25, 0.3) is 10.9 Å². The minimum atomic E-state index is -0.453. The number of nitrogens with one attached hydrogen (secondary N) is 1. The van der Waals surface area contributed by atoms with E-state index in [4.69, 9.17) is 11.6 Å². The van der Waals surface area contributed by atoms with Gasteiger partial charge in [0.2, 0.25) is 0 Å². The van der Waals surface area contributed by atoms with Crippen LogP contribution in [0.2, 0.25) is 0 Å². The summed E-state index contributed by atoms with van der Waals surface area (Å²) >= 11 is 12.2. The number of hydrogen-bond acceptors (Lipinski definition) is 2. The van der Waals surface area contributed by atoms with Gasteiger partial charge in [0, 0.05) is 21.4 Å². The molecule has 1 heterocycles. The van der Waals surface area contributed by atoms with Crippen LogP contribution in [0.15, 0.2) is 30.7 Å². The van der Waals surface area contributed by atoms with Crippen molar-refractivity contribution in [2.75, 3.05) is 5.88 Å². The smallest absolute Gasteiger partial charge is 0.306 e. The van der Waals surface area contributed by atoms with E-state index >= 15 is 0 Å². The second kappa shape index (κ2) is 4.96. The molecule has 17 heavy (non-hydrogen) atoms. The fourth-order valence-corrected chi connectivity index (χ4v) is 3.06. The molecule has 1 aromatic heterocycles. The Balaban J connectivity index is 2.92. The van der Waals surface area contributed by atoms with Crippen LogP contribution in [0, 0.1) is 0 Å². The minimum absolute atomic E-state index is 0.190. The van der Waals surface area contributed by atoms with Crippen LogP contribution >= 0.6 is 43.5 Å². The molecule has 0 atom stereocenters. The molecule has 0 aliphatic heterocycles. The van der Waals surface area contributed by atoms with E-state index in [9.17, 15) is 9.59 Å². The molecule has 4 nitrogen and oxygen atoms in total. The van der Waals surface area contributed by atoms with Gasteiger partial charge in [-0.05, 0) is 28.1 Å². The summed E-state index contributed by atoms with van der Waals surface area (Å²) in [5.74, 6) is 0.212. The van der Waals surface area contributed by atoms with Gasteiger partial charge in [-0.1, -0.05) is 15.9 Å². The van der Waals surface area contributed by atoms with Crippen LogP contribution in [-0.4, -0.2) is 15.4 Å². The number of aromatic amines is 1. The highest BCUT2D eigenvalue weighted by Gasteiger charge is 2.10. The highest BCUT2D eigenvalue weighted by molar-refractivity contribution is 9.11. The van der Waals surface area contributed by atoms with Crippen LogP contribution in [0.4, 0.5) is 0 Å². The van der Waals surface area contributed by atoms with Crippen molar-refractivity contribution >= 4 is 54.4 Å². The van der Waals surface area contributed by atoms with E-state index in [1.165, 1.54) is 0 Å². The van der Waals surface area contributed by atoms with Crippen molar-refractivity contribution in [1.29, 1.82) is 0 Å². The standard InChI is InChI=1S/C10H7Br2ClN2O2/c11-5-3-6-8(7(12)4-5)14-10(17)15(2-1-13)9(6)16/h3-4H,1-2H2,(H,14,17). The summed E-state index contributed by atoms with van der Waals surface area (Å²) in [6.07, 6.45) is 0. The second-order valence-electron chi connectivity index (χ2n) is 3.39. The first-order valence-electron chi connectivity index (χ1n) is 4.72. The number of H-pyrrole nitrogens is 1. The predicted molar refractivity (Wildman–Crippen MR) is 74.9 cm³/mol. The number of nitrogens with zero attached hydrogens (tertiary/aromatic N) is 1. The monoisotopic (exact) mass is 380 g/mol. The van der Waals surface area contributed by atoms with Crippen molar-refractivity contribution < 1.29 is 0 Å². The van der Waals surface area contributed by atoms with Gasteiger partial charge in [0.1, 0.15) is 0 Å². The zero-order valence-electron chi connectivity index (χ0n) is 8.47. The van der Waals surface area contributed by atoms with Crippen molar-refractivity contribution in [1.82, 2.24) is 9.55 Å². The summed E-state index contributed by atoms with van der Waals surface area (Å²) in [7, 11) is 0. The van der Waals surface area contributed by atoms with E-state index in [2.05, 4.69) is 36.8 Å². The average molecular weight is 382 g/mol. The Labute approximate surface area is 118 Å². The number of alkyl halides is 1. The number of aromatic nitrogens is 2. The quantitative estimate of drug-likeness (QED) is 0.812. The molecule has 90 valence electrons. The third-order valence-corrected chi connectivity index (χ3v) is 3.57. The minimum Gasteiger partial charge on any atom is -0.306 e. The van der Waals surface area contributed by atoms with Gasteiger partial charge in [-0.15, -0.1) is 11.6 Å². The lowest BCUT2D eigenvalue weighted by Gasteiger charge is -2.06. The van der Waals surface area contributed by atoms with Crippen LogP contribution in [0.3, 0.4) is 0 Å². The highest BCUT2D eigenvalue weighted by atomic mass is 79.9. The summed E-state index contributed by atoms with van der Waals surface area (Å²) in [4.78, 5) is 26.4. The number of rotatable bonds is 2. The Bertz CT molecular complexity index is 693. The Morgan fingerprint density at radius 3 is 2.65 bits per heavy atom. The van der Waals surface area contributed by atoms with E-state index in [-0.39, 0.29) is 18.0 Å². The lowest BCUT2D eigenvalue weighted by Crippen LogP contribution is -2.35. The molecule has 0 spiro atoms. The third-order valence-electron chi connectivity index (χ3n) is 2.32. The van der Waals surface area contributed by atoms with Crippen LogP contribution < -0.4 is 11.2 Å². The molecule has 0 radical (unpaired) electrons. The Hall–Kier alpha value is -0.590. The van der Waals surface area contributed by atoms with Gasteiger partial charge in [-0.2, -0.15) is 0 Å². The molecular weight excluding hydrogens is 375 g/mol. The molecule has 0 saturated heterocycles. The second-order valence-corrected chi connectivity index (χ2v) is 5.53. The molecule has 1 aromatic carbocycles. The fraction of sp³-hybridized carbons (Fsp3) is 0.200. The van der Waals surface area contributed by atoms with Crippen LogP contribution in [0.5, 0.6) is 0 Å².